The summed E-state index contributed by atoms with van der Waals surface area (Å²) in [6, 6.07) is 0. The summed E-state index contributed by atoms with van der Waals surface area (Å²) < 4.78 is 0. The van der Waals surface area contributed by atoms with E-state index in [2.05, 4.69) is 32.9 Å². The summed E-state index contributed by atoms with van der Waals surface area (Å²) in [7, 11) is 0. The molecule has 15 heavy (non-hydrogen) atoms. The molecule has 0 unspecified atom stereocenters. The Kier molecular flexibility index (Phi) is 7.98. The van der Waals surface area contributed by atoms with E-state index in [0.717, 1.165) is 32.0 Å². The van der Waals surface area contributed by atoms with Crippen molar-refractivity contribution in [2.75, 3.05) is 0 Å². The van der Waals surface area contributed by atoms with Gasteiger partial charge >= 0.3 is 0 Å². The average Bonchev–Trinajstić information content (AvgIpc) is 2.17. The minimum absolute atomic E-state index is 0.201. The Labute approximate surface area is 94.3 Å². The number of rotatable bonds is 7. The molecule has 0 heterocycles. The van der Waals surface area contributed by atoms with E-state index in [-0.39, 0.29) is 5.92 Å². The minimum Gasteiger partial charge on any atom is -0.303 e. The first-order chi connectivity index (χ1) is 7.06. The number of aldehydes is 1. The largest absolute Gasteiger partial charge is 0.303 e. The highest BCUT2D eigenvalue weighted by Gasteiger charge is 1.97. The lowest BCUT2D eigenvalue weighted by Crippen LogP contribution is -1.93. The molecule has 0 amide bonds. The van der Waals surface area contributed by atoms with Crippen molar-refractivity contribution < 1.29 is 4.79 Å². The Morgan fingerprint density at radius 2 is 1.80 bits per heavy atom. The van der Waals surface area contributed by atoms with Crippen LogP contribution < -0.4 is 0 Å². The van der Waals surface area contributed by atoms with E-state index in [1.807, 2.05) is 6.92 Å². The first-order valence-electron chi connectivity index (χ1n) is 5.80. The average molecular weight is 208 g/mol. The van der Waals surface area contributed by atoms with Crippen LogP contribution in [0.25, 0.3) is 0 Å². The van der Waals surface area contributed by atoms with Crippen molar-refractivity contribution in [1.82, 2.24) is 0 Å². The second-order valence-electron chi connectivity index (χ2n) is 4.56. The molecule has 0 N–H and O–H groups in total. The fourth-order valence-corrected chi connectivity index (χ4v) is 1.35. The van der Waals surface area contributed by atoms with Crippen molar-refractivity contribution in [3.8, 4) is 0 Å². The fraction of sp³-hybridized carbons (Fsp3) is 0.643. The lowest BCUT2D eigenvalue weighted by molar-refractivity contribution is -0.110. The van der Waals surface area contributed by atoms with Gasteiger partial charge in [0.05, 0.1) is 0 Å². The van der Waals surface area contributed by atoms with E-state index in [1.165, 1.54) is 11.1 Å². The number of carbonyl (C=O) groups excluding carboxylic acids is 1. The third-order valence-corrected chi connectivity index (χ3v) is 2.44. The van der Waals surface area contributed by atoms with Gasteiger partial charge in [0.25, 0.3) is 0 Å². The molecule has 1 nitrogen and oxygen atoms in total. The summed E-state index contributed by atoms with van der Waals surface area (Å²) in [5.74, 6) is 0.201. The third kappa shape index (κ3) is 9.45. The Morgan fingerprint density at radius 3 is 2.33 bits per heavy atom. The second kappa shape index (κ2) is 8.46. The van der Waals surface area contributed by atoms with E-state index < -0.39 is 0 Å². The molecule has 86 valence electrons. The van der Waals surface area contributed by atoms with E-state index >= 15 is 0 Å². The first kappa shape index (κ1) is 14.2. The first-order valence-corrected chi connectivity index (χ1v) is 5.80. The van der Waals surface area contributed by atoms with E-state index in [1.54, 1.807) is 0 Å². The molecular formula is C14H24O. The second-order valence-corrected chi connectivity index (χ2v) is 4.56. The van der Waals surface area contributed by atoms with Crippen molar-refractivity contribution in [1.29, 1.82) is 0 Å². The number of hydrogen-bond donors (Lipinski definition) is 0. The van der Waals surface area contributed by atoms with Gasteiger partial charge in [-0.15, -0.1) is 0 Å². The quantitative estimate of drug-likeness (QED) is 0.450. The maximum atomic E-state index is 10.4. The molecular weight excluding hydrogens is 184 g/mol. The summed E-state index contributed by atoms with van der Waals surface area (Å²) in [4.78, 5) is 10.4. The molecule has 0 aromatic rings. The predicted molar refractivity (Wildman–Crippen MR) is 66.9 cm³/mol. The molecule has 0 aliphatic heterocycles. The van der Waals surface area contributed by atoms with Crippen molar-refractivity contribution in [3.05, 3.63) is 23.3 Å². The highest BCUT2D eigenvalue weighted by atomic mass is 16.1. The zero-order chi connectivity index (χ0) is 11.7. The highest BCUT2D eigenvalue weighted by molar-refractivity contribution is 5.52. The molecule has 0 spiro atoms. The van der Waals surface area contributed by atoms with Crippen LogP contribution in [0.3, 0.4) is 0 Å². The van der Waals surface area contributed by atoms with Gasteiger partial charge in [-0.05, 0) is 46.5 Å². The van der Waals surface area contributed by atoms with Crippen LogP contribution in [0.2, 0.25) is 0 Å². The minimum atomic E-state index is 0.201. The van der Waals surface area contributed by atoms with Crippen LogP contribution in [-0.4, -0.2) is 6.29 Å². The number of allylic oxidation sites excluding steroid dienone is 4. The Bertz CT molecular complexity index is 232. The zero-order valence-electron chi connectivity index (χ0n) is 10.5. The van der Waals surface area contributed by atoms with Crippen molar-refractivity contribution in [3.63, 3.8) is 0 Å². The zero-order valence-corrected chi connectivity index (χ0v) is 10.5. The summed E-state index contributed by atoms with van der Waals surface area (Å²) in [6.07, 6.45) is 9.84. The van der Waals surface area contributed by atoms with Gasteiger partial charge in [0.15, 0.2) is 0 Å². The lowest BCUT2D eigenvalue weighted by Gasteiger charge is -2.01. The molecule has 0 bridgehead atoms. The van der Waals surface area contributed by atoms with Crippen LogP contribution in [0.4, 0.5) is 0 Å². The fourth-order valence-electron chi connectivity index (χ4n) is 1.35. The maximum absolute atomic E-state index is 10.4. The molecule has 0 saturated heterocycles. The van der Waals surface area contributed by atoms with Crippen molar-refractivity contribution in [2.24, 2.45) is 5.92 Å². The van der Waals surface area contributed by atoms with Crippen LogP contribution in [-0.2, 0) is 4.79 Å². The van der Waals surface area contributed by atoms with Gasteiger partial charge in [-0.25, -0.2) is 0 Å². The maximum Gasteiger partial charge on any atom is 0.122 e. The highest BCUT2D eigenvalue weighted by Crippen LogP contribution is 2.10. The normalized spacial score (nSPS) is 13.5. The van der Waals surface area contributed by atoms with Gasteiger partial charge in [0.2, 0.25) is 0 Å². The molecule has 0 fully saturated rings. The summed E-state index contributed by atoms with van der Waals surface area (Å²) in [5, 5.41) is 0. The molecule has 0 aromatic heterocycles. The monoisotopic (exact) mass is 208 g/mol. The van der Waals surface area contributed by atoms with Gasteiger partial charge in [-0.2, -0.15) is 0 Å². The Balaban J connectivity index is 3.70. The lowest BCUT2D eigenvalue weighted by atomic mass is 10.0. The Morgan fingerprint density at radius 1 is 1.13 bits per heavy atom. The molecule has 0 saturated carbocycles. The van der Waals surface area contributed by atoms with Crippen LogP contribution >= 0.6 is 0 Å². The van der Waals surface area contributed by atoms with Crippen molar-refractivity contribution in [2.45, 2.75) is 53.4 Å². The van der Waals surface area contributed by atoms with E-state index in [9.17, 15) is 4.79 Å². The summed E-state index contributed by atoms with van der Waals surface area (Å²) >= 11 is 0. The van der Waals surface area contributed by atoms with Gasteiger partial charge in [0, 0.05) is 5.92 Å². The standard InChI is InChI=1S/C14H24O/c1-12(2)7-5-8-13(3)9-6-10-14(4)11-15/h7,9,11,14H,5-6,8,10H2,1-4H3/b13-9+/t14-/m0/s1. The van der Waals surface area contributed by atoms with Gasteiger partial charge in [0.1, 0.15) is 6.29 Å². The van der Waals surface area contributed by atoms with E-state index in [0.29, 0.717) is 0 Å². The van der Waals surface area contributed by atoms with Crippen LogP contribution in [0.1, 0.15) is 53.4 Å². The van der Waals surface area contributed by atoms with E-state index in [4.69, 9.17) is 0 Å². The Hall–Kier alpha value is -0.850. The van der Waals surface area contributed by atoms with Crippen LogP contribution in [0, 0.1) is 5.92 Å². The molecule has 1 atom stereocenters. The van der Waals surface area contributed by atoms with Crippen LogP contribution in [0.5, 0.6) is 0 Å². The molecule has 0 radical (unpaired) electrons. The number of hydrogen-bond acceptors (Lipinski definition) is 1. The molecule has 0 aliphatic rings. The van der Waals surface area contributed by atoms with Crippen LogP contribution in [0.15, 0.2) is 23.3 Å². The third-order valence-electron chi connectivity index (χ3n) is 2.44. The summed E-state index contributed by atoms with van der Waals surface area (Å²) in [6.45, 7) is 8.40. The molecule has 1 heteroatoms. The molecule has 0 rings (SSSR count). The molecule has 0 aliphatic carbocycles. The topological polar surface area (TPSA) is 17.1 Å². The summed E-state index contributed by atoms with van der Waals surface area (Å²) in [5.41, 5.74) is 2.82. The van der Waals surface area contributed by atoms with Crippen molar-refractivity contribution >= 4 is 6.29 Å². The smallest absolute Gasteiger partial charge is 0.122 e. The van der Waals surface area contributed by atoms with Gasteiger partial charge < -0.3 is 4.79 Å². The number of carbonyl (C=O) groups is 1. The molecule has 0 aromatic carbocycles. The van der Waals surface area contributed by atoms with Gasteiger partial charge in [-0.1, -0.05) is 30.2 Å². The predicted octanol–water partition coefficient (Wildman–Crippen LogP) is 4.29. The SMILES string of the molecule is CC(C)=CCC/C(C)=C/CC[C@H](C)C=O. The van der Waals surface area contributed by atoms with Gasteiger partial charge in [-0.3, -0.25) is 0 Å².